The number of fused-ring (bicyclic) bond motifs is 1. The monoisotopic (exact) mass is 314 g/mol. The normalized spacial score (nSPS) is 17.5. The first kappa shape index (κ1) is 15.3. The third kappa shape index (κ3) is 2.84. The van der Waals surface area contributed by atoms with E-state index in [4.69, 9.17) is 9.84 Å². The smallest absolute Gasteiger partial charge is 0.308 e. The number of carboxylic acids is 1. The molecule has 6 heteroatoms. The number of nitrogens with zero attached hydrogens (tertiary/aromatic N) is 2. The Morgan fingerprint density at radius 3 is 2.78 bits per heavy atom. The van der Waals surface area contributed by atoms with E-state index in [2.05, 4.69) is 4.98 Å². The van der Waals surface area contributed by atoms with Gasteiger partial charge in [-0.15, -0.1) is 0 Å². The van der Waals surface area contributed by atoms with Crippen LogP contribution in [0.2, 0.25) is 0 Å². The van der Waals surface area contributed by atoms with Crippen LogP contribution in [0.5, 0.6) is 5.75 Å². The second kappa shape index (κ2) is 5.87. The molecule has 1 aromatic carbocycles. The van der Waals surface area contributed by atoms with Crippen molar-refractivity contribution < 1.29 is 19.4 Å². The molecular formula is C17H18N2O4. The van der Waals surface area contributed by atoms with E-state index in [1.807, 2.05) is 24.3 Å². The van der Waals surface area contributed by atoms with E-state index in [-0.39, 0.29) is 12.5 Å². The van der Waals surface area contributed by atoms with Gasteiger partial charge in [0.1, 0.15) is 5.75 Å². The fraction of sp³-hybridized carbons (Fsp3) is 0.353. The molecule has 1 aromatic heterocycles. The molecule has 0 saturated carbocycles. The molecule has 120 valence electrons. The van der Waals surface area contributed by atoms with Gasteiger partial charge in [0.15, 0.2) is 0 Å². The van der Waals surface area contributed by atoms with Crippen molar-refractivity contribution >= 4 is 22.8 Å². The molecule has 2 aromatic rings. The van der Waals surface area contributed by atoms with Gasteiger partial charge in [0.25, 0.3) is 5.91 Å². The summed E-state index contributed by atoms with van der Waals surface area (Å²) in [6.45, 7) is 2.51. The van der Waals surface area contributed by atoms with Gasteiger partial charge in [0, 0.05) is 24.5 Å². The Hall–Kier alpha value is -2.63. The summed E-state index contributed by atoms with van der Waals surface area (Å²) in [7, 11) is 1.60. The molecule has 1 atom stereocenters. The number of carbonyl (C=O) groups is 2. The number of likely N-dealkylation sites (tertiary alicyclic amines) is 1. The van der Waals surface area contributed by atoms with E-state index in [0.29, 0.717) is 30.0 Å². The van der Waals surface area contributed by atoms with Gasteiger partial charge < -0.3 is 14.7 Å². The molecular weight excluding hydrogens is 296 g/mol. The number of methoxy groups -OCH3 is 1. The summed E-state index contributed by atoms with van der Waals surface area (Å²) in [4.78, 5) is 29.8. The SMILES string of the molecule is COc1ccc2cc(C(=O)N3CCC(C(=O)O)C3)c(C)nc2c1. The average molecular weight is 314 g/mol. The number of hydrogen-bond donors (Lipinski definition) is 1. The minimum Gasteiger partial charge on any atom is -0.497 e. The molecule has 1 aliphatic rings. The van der Waals surface area contributed by atoms with Crippen molar-refractivity contribution in [3.05, 3.63) is 35.5 Å². The zero-order chi connectivity index (χ0) is 16.6. The first-order valence-electron chi connectivity index (χ1n) is 7.47. The van der Waals surface area contributed by atoms with Crippen LogP contribution in [0.15, 0.2) is 24.3 Å². The Labute approximate surface area is 133 Å². The first-order chi connectivity index (χ1) is 11.0. The second-order valence-corrected chi connectivity index (χ2v) is 5.75. The summed E-state index contributed by atoms with van der Waals surface area (Å²) in [6.07, 6.45) is 0.498. The number of carboxylic acid groups (broad SMARTS) is 1. The maximum absolute atomic E-state index is 12.7. The highest BCUT2D eigenvalue weighted by atomic mass is 16.5. The van der Waals surface area contributed by atoms with Crippen LogP contribution < -0.4 is 4.74 Å². The molecule has 1 saturated heterocycles. The van der Waals surface area contributed by atoms with E-state index in [0.717, 1.165) is 10.9 Å². The summed E-state index contributed by atoms with van der Waals surface area (Å²) >= 11 is 0. The molecule has 1 aliphatic heterocycles. The zero-order valence-electron chi connectivity index (χ0n) is 13.1. The summed E-state index contributed by atoms with van der Waals surface area (Å²) in [5.41, 5.74) is 1.92. The number of hydrogen-bond acceptors (Lipinski definition) is 4. The number of aromatic nitrogens is 1. The minimum atomic E-state index is -0.847. The Kier molecular flexibility index (Phi) is 3.90. The van der Waals surface area contributed by atoms with Crippen LogP contribution in [0, 0.1) is 12.8 Å². The molecule has 23 heavy (non-hydrogen) atoms. The van der Waals surface area contributed by atoms with E-state index < -0.39 is 11.9 Å². The Balaban J connectivity index is 1.92. The third-order valence-corrected chi connectivity index (χ3v) is 4.27. The van der Waals surface area contributed by atoms with Crippen LogP contribution in [0.4, 0.5) is 0 Å². The molecule has 0 bridgehead atoms. The van der Waals surface area contributed by atoms with Gasteiger partial charge in [-0.3, -0.25) is 14.6 Å². The minimum absolute atomic E-state index is 0.156. The molecule has 1 N–H and O–H groups in total. The lowest BCUT2D eigenvalue weighted by molar-refractivity contribution is -0.141. The fourth-order valence-electron chi connectivity index (χ4n) is 2.90. The highest BCUT2D eigenvalue weighted by molar-refractivity contribution is 5.99. The van der Waals surface area contributed by atoms with Crippen molar-refractivity contribution in [3.8, 4) is 5.75 Å². The maximum atomic E-state index is 12.7. The van der Waals surface area contributed by atoms with Gasteiger partial charge >= 0.3 is 5.97 Å². The average Bonchev–Trinajstić information content (AvgIpc) is 3.03. The standard InChI is InChI=1S/C17H18N2O4/c1-10-14(16(20)19-6-5-12(9-19)17(21)22)7-11-3-4-13(23-2)8-15(11)18-10/h3-4,7-8,12H,5-6,9H2,1-2H3,(H,21,22). The number of rotatable bonds is 3. The molecule has 0 aliphatic carbocycles. The largest absolute Gasteiger partial charge is 0.497 e. The summed E-state index contributed by atoms with van der Waals surface area (Å²) in [5, 5.41) is 9.92. The van der Waals surface area contributed by atoms with Gasteiger partial charge in [0.2, 0.25) is 0 Å². The number of carbonyl (C=O) groups excluding carboxylic acids is 1. The van der Waals surface area contributed by atoms with Crippen LogP contribution in [-0.2, 0) is 4.79 Å². The van der Waals surface area contributed by atoms with E-state index in [9.17, 15) is 9.59 Å². The number of aryl methyl sites for hydroxylation is 1. The lowest BCUT2D eigenvalue weighted by Gasteiger charge is -2.17. The van der Waals surface area contributed by atoms with Crippen LogP contribution in [0.1, 0.15) is 22.5 Å². The predicted octanol–water partition coefficient (Wildman–Crippen LogP) is 2.10. The van der Waals surface area contributed by atoms with E-state index >= 15 is 0 Å². The van der Waals surface area contributed by atoms with E-state index in [1.54, 1.807) is 18.9 Å². The van der Waals surface area contributed by atoms with Crippen LogP contribution in [0.3, 0.4) is 0 Å². The van der Waals surface area contributed by atoms with Gasteiger partial charge in [-0.25, -0.2) is 0 Å². The van der Waals surface area contributed by atoms with Gasteiger partial charge in [-0.05, 0) is 31.5 Å². The van der Waals surface area contributed by atoms with Crippen LogP contribution in [-0.4, -0.2) is 47.1 Å². The molecule has 0 radical (unpaired) electrons. The van der Waals surface area contributed by atoms with Crippen molar-refractivity contribution in [2.75, 3.05) is 20.2 Å². The molecule has 6 nitrogen and oxygen atoms in total. The Morgan fingerprint density at radius 2 is 2.13 bits per heavy atom. The van der Waals surface area contributed by atoms with Crippen molar-refractivity contribution in [1.82, 2.24) is 9.88 Å². The topological polar surface area (TPSA) is 79.7 Å². The van der Waals surface area contributed by atoms with Gasteiger partial charge in [-0.1, -0.05) is 0 Å². The molecule has 3 rings (SSSR count). The summed E-state index contributed by atoms with van der Waals surface area (Å²) in [5.74, 6) is -0.763. The lowest BCUT2D eigenvalue weighted by Crippen LogP contribution is -2.30. The number of amides is 1. The van der Waals surface area contributed by atoms with E-state index in [1.165, 1.54) is 0 Å². The second-order valence-electron chi connectivity index (χ2n) is 5.75. The first-order valence-corrected chi connectivity index (χ1v) is 7.47. The lowest BCUT2D eigenvalue weighted by atomic mass is 10.1. The van der Waals surface area contributed by atoms with Crippen molar-refractivity contribution in [2.45, 2.75) is 13.3 Å². The summed E-state index contributed by atoms with van der Waals surface area (Å²) < 4.78 is 5.18. The zero-order valence-corrected chi connectivity index (χ0v) is 13.1. The quantitative estimate of drug-likeness (QED) is 0.938. The molecule has 0 spiro atoms. The van der Waals surface area contributed by atoms with Gasteiger partial charge in [-0.2, -0.15) is 0 Å². The highest BCUT2D eigenvalue weighted by Crippen LogP contribution is 2.24. The van der Waals surface area contributed by atoms with Crippen molar-refractivity contribution in [2.24, 2.45) is 5.92 Å². The Morgan fingerprint density at radius 1 is 1.35 bits per heavy atom. The summed E-state index contributed by atoms with van der Waals surface area (Å²) in [6, 6.07) is 7.33. The van der Waals surface area contributed by atoms with Crippen LogP contribution >= 0.6 is 0 Å². The molecule has 1 unspecified atom stereocenters. The molecule has 1 fully saturated rings. The highest BCUT2D eigenvalue weighted by Gasteiger charge is 2.32. The van der Waals surface area contributed by atoms with Crippen LogP contribution in [0.25, 0.3) is 10.9 Å². The fourth-order valence-corrected chi connectivity index (χ4v) is 2.90. The molecule has 1 amide bonds. The number of aliphatic carboxylic acids is 1. The van der Waals surface area contributed by atoms with Crippen molar-refractivity contribution in [1.29, 1.82) is 0 Å². The van der Waals surface area contributed by atoms with Gasteiger partial charge in [0.05, 0.1) is 29.8 Å². The van der Waals surface area contributed by atoms with Crippen molar-refractivity contribution in [3.63, 3.8) is 0 Å². The predicted molar refractivity (Wildman–Crippen MR) is 84.7 cm³/mol. The Bertz CT molecular complexity index is 788. The number of pyridine rings is 1. The maximum Gasteiger partial charge on any atom is 0.308 e. The number of benzene rings is 1. The number of ether oxygens (including phenoxy) is 1. The third-order valence-electron chi connectivity index (χ3n) is 4.27. The molecule has 2 heterocycles.